The van der Waals surface area contributed by atoms with Crippen LogP contribution >= 0.6 is 0 Å². The molecule has 0 unspecified atom stereocenters. The molecule has 4 aliphatic rings. The zero-order valence-electron chi connectivity index (χ0n) is 46.1. The predicted octanol–water partition coefficient (Wildman–Crippen LogP) is 15.5. The Bertz CT molecular complexity index is 4220. The summed E-state index contributed by atoms with van der Waals surface area (Å²) in [5.41, 5.74) is 21.2. The monoisotopic (exact) mass is 1040 g/mol. The molecule has 7 heteroatoms. The summed E-state index contributed by atoms with van der Waals surface area (Å²) in [5.74, 6) is 6.81. The fourth-order valence-corrected chi connectivity index (χ4v) is 13.3. The predicted molar refractivity (Wildman–Crippen MR) is 335 cm³/mol. The second kappa shape index (κ2) is 17.5. The number of aromatic nitrogens is 1. The summed E-state index contributed by atoms with van der Waals surface area (Å²) < 4.78 is 29.8. The van der Waals surface area contributed by atoms with Crippen molar-refractivity contribution >= 4 is 68.0 Å². The summed E-state index contributed by atoms with van der Waals surface area (Å²) in [6, 6.07) is 81.4. The zero-order valence-corrected chi connectivity index (χ0v) is 46.1. The van der Waals surface area contributed by atoms with Gasteiger partial charge in [0.05, 0.1) is 11.0 Å². The van der Waals surface area contributed by atoms with Gasteiger partial charge in [-0.15, -0.1) is 0 Å². The van der Waals surface area contributed by atoms with E-state index in [9.17, 15) is 0 Å². The van der Waals surface area contributed by atoms with Crippen molar-refractivity contribution in [2.45, 2.75) is 52.4 Å². The lowest BCUT2D eigenvalue weighted by Gasteiger charge is -2.33. The number of para-hydroxylation sites is 5. The van der Waals surface area contributed by atoms with E-state index in [1.807, 2.05) is 0 Å². The third-order valence-corrected chi connectivity index (χ3v) is 17.3. The fraction of sp³-hybridized carbons (Fsp3) is 0.108. The van der Waals surface area contributed by atoms with Gasteiger partial charge in [0.15, 0.2) is 0 Å². The number of fused-ring (bicyclic) bond motifs is 11. The normalized spacial score (nSPS) is 13.4. The second-order valence-electron chi connectivity index (χ2n) is 24.4. The molecule has 0 radical (unpaired) electrons. The Morgan fingerprint density at radius 3 is 0.988 bits per heavy atom. The maximum Gasteiger partial charge on any atom is 0.260 e. The summed E-state index contributed by atoms with van der Waals surface area (Å²) in [4.78, 5) is 0. The number of hydrogen-bond acceptors (Lipinski definition) is 4. The molecule has 5 heterocycles. The van der Waals surface area contributed by atoms with E-state index in [4.69, 9.17) is 18.9 Å². The first-order valence-corrected chi connectivity index (χ1v) is 28.3. The van der Waals surface area contributed by atoms with Crippen LogP contribution in [0, 0.1) is 0 Å². The minimum Gasteiger partial charge on any atom is -0.458 e. The van der Waals surface area contributed by atoms with E-state index in [1.165, 1.54) is 21.9 Å². The highest BCUT2D eigenvalue weighted by Crippen LogP contribution is 2.48. The topological polar surface area (TPSA) is 41.9 Å². The van der Waals surface area contributed by atoms with E-state index >= 15 is 0 Å². The number of hydrogen-bond donors (Lipinski definition) is 0. The molecule has 0 atom stereocenters. The molecule has 11 aromatic carbocycles. The average molecular weight is 1040 g/mol. The molecular weight excluding hydrogens is 988 g/mol. The molecule has 1 aromatic heterocycles. The van der Waals surface area contributed by atoms with Gasteiger partial charge < -0.3 is 23.5 Å². The highest BCUT2D eigenvalue weighted by Gasteiger charge is 2.42. The number of nitrogens with zero attached hydrogens (tertiary/aromatic N) is 1. The number of rotatable bonds is 5. The van der Waals surface area contributed by atoms with Crippen molar-refractivity contribution in [3.8, 4) is 96.2 Å². The van der Waals surface area contributed by atoms with Crippen molar-refractivity contribution in [1.29, 1.82) is 0 Å². The van der Waals surface area contributed by atoms with Gasteiger partial charge in [-0.05, 0) is 174 Å². The van der Waals surface area contributed by atoms with Gasteiger partial charge in [-0.2, -0.15) is 0 Å². The third-order valence-electron chi connectivity index (χ3n) is 17.3. The molecule has 0 amide bonds. The van der Waals surface area contributed by atoms with Crippen LogP contribution in [0.2, 0.25) is 0 Å². The van der Waals surface area contributed by atoms with E-state index in [0.717, 1.165) is 140 Å². The van der Waals surface area contributed by atoms with Crippen LogP contribution in [0.15, 0.2) is 224 Å². The fourth-order valence-electron chi connectivity index (χ4n) is 13.3. The van der Waals surface area contributed by atoms with Crippen molar-refractivity contribution in [3.63, 3.8) is 0 Å². The first kappa shape index (κ1) is 47.5. The summed E-state index contributed by atoms with van der Waals surface area (Å²) in [7, 11) is 0. The van der Waals surface area contributed by atoms with Gasteiger partial charge in [0.25, 0.3) is 13.4 Å². The first-order valence-electron chi connectivity index (χ1n) is 28.3. The van der Waals surface area contributed by atoms with Crippen molar-refractivity contribution in [1.82, 2.24) is 4.57 Å². The lowest BCUT2D eigenvalue weighted by molar-refractivity contribution is 0.464. The first-order chi connectivity index (χ1) is 39.4. The smallest absolute Gasteiger partial charge is 0.260 e. The summed E-state index contributed by atoms with van der Waals surface area (Å²) in [6.07, 6.45) is 0. The summed E-state index contributed by atoms with van der Waals surface area (Å²) in [6.45, 7) is 14.0. The molecule has 0 aliphatic carbocycles. The van der Waals surface area contributed by atoms with E-state index in [2.05, 4.69) is 271 Å². The van der Waals surface area contributed by atoms with Gasteiger partial charge in [-0.1, -0.05) is 169 Å². The van der Waals surface area contributed by atoms with E-state index < -0.39 is 0 Å². The summed E-state index contributed by atoms with van der Waals surface area (Å²) >= 11 is 0. The van der Waals surface area contributed by atoms with Crippen LogP contribution in [0.4, 0.5) is 0 Å². The van der Waals surface area contributed by atoms with Crippen molar-refractivity contribution in [2.75, 3.05) is 0 Å². The van der Waals surface area contributed by atoms with Crippen LogP contribution in [-0.2, 0) is 10.8 Å². The molecule has 5 nitrogen and oxygen atoms in total. The number of benzene rings is 11. The van der Waals surface area contributed by atoms with Crippen molar-refractivity contribution in [2.24, 2.45) is 0 Å². The summed E-state index contributed by atoms with van der Waals surface area (Å²) in [5, 5.41) is 2.43. The minimum atomic E-state index is -0.161. The molecule has 386 valence electrons. The Morgan fingerprint density at radius 2 is 0.630 bits per heavy atom. The molecule has 12 aromatic rings. The van der Waals surface area contributed by atoms with Gasteiger partial charge in [0.1, 0.15) is 46.0 Å². The Balaban J connectivity index is 0.902. The van der Waals surface area contributed by atoms with Gasteiger partial charge in [0, 0.05) is 38.5 Å². The Morgan fingerprint density at radius 1 is 0.296 bits per heavy atom. The van der Waals surface area contributed by atoms with Gasteiger partial charge in [-0.3, -0.25) is 0 Å². The molecular formula is C74H55B2NO4. The van der Waals surface area contributed by atoms with Crippen LogP contribution < -0.4 is 51.7 Å². The van der Waals surface area contributed by atoms with E-state index in [0.29, 0.717) is 0 Å². The van der Waals surface area contributed by atoms with E-state index in [1.54, 1.807) is 0 Å². The van der Waals surface area contributed by atoms with E-state index in [-0.39, 0.29) is 24.3 Å². The zero-order chi connectivity index (χ0) is 54.5. The molecule has 81 heavy (non-hydrogen) atoms. The van der Waals surface area contributed by atoms with Crippen molar-refractivity contribution in [3.05, 3.63) is 236 Å². The van der Waals surface area contributed by atoms with Gasteiger partial charge >= 0.3 is 0 Å². The molecule has 0 N–H and O–H groups in total. The Kier molecular flexibility index (Phi) is 10.3. The lowest BCUT2D eigenvalue weighted by atomic mass is 9.35. The van der Waals surface area contributed by atoms with Crippen LogP contribution in [0.3, 0.4) is 0 Å². The van der Waals surface area contributed by atoms with Gasteiger partial charge in [-0.25, -0.2) is 0 Å². The molecule has 0 saturated heterocycles. The molecule has 16 rings (SSSR count). The standard InChI is InChI=1S/C74H55B2NO4/c1-73(2,3)50-40-53(46-22-18-20-44(34-46)48-36-65-69-66(37-48)79-62-31-15-11-27-58(62)75(69)57-26-10-14-30-61(57)78-65)71-55(42-50)56-43-51(74(4,5)6)41-54(72(56)77(71)52-24-8-7-9-25-52)47-23-19-21-45(35-47)49-38-67-70-68(39-49)81-64-33-17-13-29-60(64)76(70)59-28-12-16-32-63(59)80-67/h7-43H,1-6H3. The largest absolute Gasteiger partial charge is 0.458 e. The average Bonchev–Trinajstić information content (AvgIpc) is 3.06. The Labute approximate surface area is 473 Å². The minimum absolute atomic E-state index is 0.00951. The second-order valence-corrected chi connectivity index (χ2v) is 24.4. The highest BCUT2D eigenvalue weighted by molar-refractivity contribution is 6.99. The van der Waals surface area contributed by atoms with Crippen LogP contribution in [0.5, 0.6) is 46.0 Å². The van der Waals surface area contributed by atoms with Crippen molar-refractivity contribution < 1.29 is 18.9 Å². The Hall–Kier alpha value is -9.45. The maximum atomic E-state index is 6.81. The van der Waals surface area contributed by atoms with Crippen LogP contribution in [0.1, 0.15) is 52.7 Å². The molecule has 0 bridgehead atoms. The number of ether oxygens (including phenoxy) is 4. The molecule has 0 saturated carbocycles. The quantitative estimate of drug-likeness (QED) is 0.161. The molecule has 0 fully saturated rings. The van der Waals surface area contributed by atoms with Gasteiger partial charge in [0.2, 0.25) is 0 Å². The van der Waals surface area contributed by atoms with Crippen LogP contribution in [-0.4, -0.2) is 18.0 Å². The molecule has 4 aliphatic heterocycles. The third kappa shape index (κ3) is 7.48. The van der Waals surface area contributed by atoms with Crippen LogP contribution in [0.25, 0.3) is 72.0 Å². The SMILES string of the molecule is CC(C)(C)c1cc(-c2cccc(-c3cc4c5c(c3)Oc3ccccc3B5c3ccccc3O4)c2)c2c(c1)c1cc(C(C)(C)C)cc(-c3cccc(-c4cc5c6c(c4)Oc4ccccc4B6c4ccccc4O5)c3)c1n2-c1ccccc1. The lowest BCUT2D eigenvalue weighted by Crippen LogP contribution is -2.57. The molecule has 0 spiro atoms. The maximum absolute atomic E-state index is 6.81. The highest BCUT2D eigenvalue weighted by atomic mass is 16.5.